The normalized spacial score (nSPS) is 17.5. The van der Waals surface area contributed by atoms with Crippen LogP contribution in [0.25, 0.3) is 0 Å². The Morgan fingerprint density at radius 1 is 1.35 bits per heavy atom. The van der Waals surface area contributed by atoms with Crippen molar-refractivity contribution in [2.75, 3.05) is 26.0 Å². The maximum atomic E-state index is 12.3. The van der Waals surface area contributed by atoms with Gasteiger partial charge in [-0.25, -0.2) is 8.42 Å². The van der Waals surface area contributed by atoms with Gasteiger partial charge in [0.05, 0.1) is 22.8 Å². The van der Waals surface area contributed by atoms with Gasteiger partial charge in [0.2, 0.25) is 0 Å². The molecule has 1 fully saturated rings. The summed E-state index contributed by atoms with van der Waals surface area (Å²) in [4.78, 5) is 12.5. The second-order valence-corrected chi connectivity index (χ2v) is 8.30. The zero-order valence-electron chi connectivity index (χ0n) is 13.5. The molecule has 0 spiro atoms. The molecule has 23 heavy (non-hydrogen) atoms. The molecule has 1 aromatic carbocycles. The van der Waals surface area contributed by atoms with E-state index in [0.717, 1.165) is 12.8 Å². The van der Waals surface area contributed by atoms with Crippen LogP contribution in [-0.2, 0) is 14.6 Å². The van der Waals surface area contributed by atoms with Crippen LogP contribution in [0.3, 0.4) is 0 Å². The zero-order valence-corrected chi connectivity index (χ0v) is 14.4. The minimum atomic E-state index is -3.38. The average Bonchev–Trinajstić information content (AvgIpc) is 3.38. The molecule has 2 rings (SSSR count). The molecular weight excluding hydrogens is 316 g/mol. The summed E-state index contributed by atoms with van der Waals surface area (Å²) < 4.78 is 28.9. The van der Waals surface area contributed by atoms with Crippen molar-refractivity contribution in [2.24, 2.45) is 11.7 Å². The van der Waals surface area contributed by atoms with E-state index in [1.54, 1.807) is 0 Å². The monoisotopic (exact) mass is 340 g/mol. The summed E-state index contributed by atoms with van der Waals surface area (Å²) in [5, 5.41) is 2.98. The zero-order chi connectivity index (χ0) is 17.1. The maximum absolute atomic E-state index is 12.3. The molecule has 0 bridgehead atoms. The molecule has 1 aromatic rings. The van der Waals surface area contributed by atoms with Crippen molar-refractivity contribution in [2.45, 2.75) is 30.2 Å². The van der Waals surface area contributed by atoms with E-state index in [1.165, 1.54) is 31.4 Å². The van der Waals surface area contributed by atoms with Crippen LogP contribution in [0, 0.1) is 5.92 Å². The Labute approximate surface area is 137 Å². The van der Waals surface area contributed by atoms with Gasteiger partial charge in [-0.15, -0.1) is 0 Å². The van der Waals surface area contributed by atoms with E-state index in [0.29, 0.717) is 18.0 Å². The highest BCUT2D eigenvalue weighted by atomic mass is 32.2. The second-order valence-electron chi connectivity index (χ2n) is 6.19. The lowest BCUT2D eigenvalue weighted by Crippen LogP contribution is -2.53. The van der Waals surface area contributed by atoms with Crippen molar-refractivity contribution in [1.82, 2.24) is 5.32 Å². The minimum absolute atomic E-state index is 0.0814. The van der Waals surface area contributed by atoms with Gasteiger partial charge >= 0.3 is 0 Å². The van der Waals surface area contributed by atoms with Crippen LogP contribution >= 0.6 is 0 Å². The van der Waals surface area contributed by atoms with Gasteiger partial charge in [-0.2, -0.15) is 0 Å². The fourth-order valence-electron chi connectivity index (χ4n) is 2.50. The Balaban J connectivity index is 2.08. The van der Waals surface area contributed by atoms with Crippen LogP contribution in [0.2, 0.25) is 0 Å². The Hall–Kier alpha value is -1.44. The van der Waals surface area contributed by atoms with E-state index in [1.807, 2.05) is 6.92 Å². The van der Waals surface area contributed by atoms with Gasteiger partial charge < -0.3 is 15.8 Å². The highest BCUT2D eigenvalue weighted by Gasteiger charge is 2.41. The van der Waals surface area contributed by atoms with Gasteiger partial charge in [0, 0.05) is 19.2 Å². The Bertz CT molecular complexity index is 653. The Kier molecular flexibility index (Phi) is 5.44. The van der Waals surface area contributed by atoms with Crippen LogP contribution in [0.15, 0.2) is 29.2 Å². The summed E-state index contributed by atoms with van der Waals surface area (Å²) >= 11 is 0. The molecule has 0 saturated heterocycles. The molecule has 1 unspecified atom stereocenters. The lowest BCUT2D eigenvalue weighted by Gasteiger charge is -2.29. The van der Waals surface area contributed by atoms with Gasteiger partial charge in [-0.1, -0.05) is 0 Å². The molecule has 3 N–H and O–H groups in total. The third-order valence-corrected chi connectivity index (χ3v) is 6.03. The molecule has 1 amide bonds. The molecule has 0 aliphatic heterocycles. The number of ether oxygens (including phenoxy) is 1. The number of hydrogen-bond acceptors (Lipinski definition) is 5. The average molecular weight is 340 g/mol. The first-order chi connectivity index (χ1) is 10.8. The van der Waals surface area contributed by atoms with Crippen LogP contribution in [0.1, 0.15) is 30.1 Å². The molecule has 1 saturated carbocycles. The summed E-state index contributed by atoms with van der Waals surface area (Å²) in [6.07, 6.45) is 2.15. The number of sulfone groups is 1. The maximum Gasteiger partial charge on any atom is 0.251 e. The number of carbonyl (C=O) groups is 1. The third-order valence-electron chi connectivity index (χ3n) is 4.33. The SMILES string of the molecule is COCCS(=O)(=O)c1ccc(C(=O)NC(C)(CN)C2CC2)cc1. The summed E-state index contributed by atoms with van der Waals surface area (Å²) in [6, 6.07) is 5.96. The molecule has 0 aromatic heterocycles. The molecule has 1 aliphatic rings. The molecule has 1 aliphatic carbocycles. The number of carbonyl (C=O) groups excluding carboxylic acids is 1. The van der Waals surface area contributed by atoms with Crippen LogP contribution in [0.5, 0.6) is 0 Å². The third kappa shape index (κ3) is 4.31. The standard InChI is InChI=1S/C16H24N2O4S/c1-16(11-17,13-5-6-13)18-15(19)12-3-7-14(8-4-12)23(20,21)10-9-22-2/h3-4,7-8,13H,5-6,9-11,17H2,1-2H3,(H,18,19). The van der Waals surface area contributed by atoms with Crippen molar-refractivity contribution in [3.63, 3.8) is 0 Å². The molecule has 128 valence electrons. The first-order valence-electron chi connectivity index (χ1n) is 7.67. The molecule has 0 radical (unpaired) electrons. The largest absolute Gasteiger partial charge is 0.384 e. The summed E-state index contributed by atoms with van der Waals surface area (Å²) in [6.45, 7) is 2.47. The number of benzene rings is 1. The molecule has 1 atom stereocenters. The fraction of sp³-hybridized carbons (Fsp3) is 0.562. The van der Waals surface area contributed by atoms with Gasteiger partial charge in [-0.05, 0) is 49.9 Å². The number of hydrogen-bond donors (Lipinski definition) is 2. The smallest absolute Gasteiger partial charge is 0.251 e. The van der Waals surface area contributed by atoms with Crippen LogP contribution in [0.4, 0.5) is 0 Å². The van der Waals surface area contributed by atoms with Gasteiger partial charge in [0.15, 0.2) is 9.84 Å². The van der Waals surface area contributed by atoms with Crippen molar-refractivity contribution in [3.05, 3.63) is 29.8 Å². The number of methoxy groups -OCH3 is 1. The van der Waals surface area contributed by atoms with Crippen molar-refractivity contribution >= 4 is 15.7 Å². The van der Waals surface area contributed by atoms with Crippen LogP contribution < -0.4 is 11.1 Å². The number of nitrogens with two attached hydrogens (primary N) is 1. The summed E-state index contributed by atoms with van der Waals surface area (Å²) in [5.74, 6) is 0.109. The fourth-order valence-corrected chi connectivity index (χ4v) is 3.67. The quantitative estimate of drug-likeness (QED) is 0.734. The van der Waals surface area contributed by atoms with Crippen LogP contribution in [-0.4, -0.2) is 45.9 Å². The molecule has 6 nitrogen and oxygen atoms in total. The predicted molar refractivity (Wildman–Crippen MR) is 88.0 cm³/mol. The van der Waals surface area contributed by atoms with Crippen molar-refractivity contribution in [3.8, 4) is 0 Å². The highest BCUT2D eigenvalue weighted by Crippen LogP contribution is 2.39. The van der Waals surface area contributed by atoms with E-state index in [9.17, 15) is 13.2 Å². The lowest BCUT2D eigenvalue weighted by molar-refractivity contribution is 0.0897. The van der Waals surface area contributed by atoms with E-state index in [4.69, 9.17) is 10.5 Å². The van der Waals surface area contributed by atoms with Crippen molar-refractivity contribution < 1.29 is 17.9 Å². The molecule has 0 heterocycles. The Morgan fingerprint density at radius 3 is 2.43 bits per heavy atom. The topological polar surface area (TPSA) is 98.5 Å². The molecule has 7 heteroatoms. The second kappa shape index (κ2) is 6.98. The number of rotatable bonds is 8. The van der Waals surface area contributed by atoms with E-state index >= 15 is 0 Å². The van der Waals surface area contributed by atoms with Gasteiger partial charge in [0.25, 0.3) is 5.91 Å². The summed E-state index contributed by atoms with van der Waals surface area (Å²) in [5.41, 5.74) is 5.82. The lowest BCUT2D eigenvalue weighted by atomic mass is 9.95. The van der Waals surface area contributed by atoms with Gasteiger partial charge in [0.1, 0.15) is 0 Å². The highest BCUT2D eigenvalue weighted by molar-refractivity contribution is 7.91. The van der Waals surface area contributed by atoms with E-state index in [-0.39, 0.29) is 23.2 Å². The van der Waals surface area contributed by atoms with Crippen molar-refractivity contribution in [1.29, 1.82) is 0 Å². The molecular formula is C16H24N2O4S. The number of nitrogens with one attached hydrogen (secondary N) is 1. The minimum Gasteiger partial charge on any atom is -0.384 e. The predicted octanol–water partition coefficient (Wildman–Crippen LogP) is 0.964. The Morgan fingerprint density at radius 2 is 1.96 bits per heavy atom. The number of amides is 1. The first kappa shape index (κ1) is 17.9. The van der Waals surface area contributed by atoms with Gasteiger partial charge in [-0.3, -0.25) is 4.79 Å². The van der Waals surface area contributed by atoms with E-state index < -0.39 is 15.4 Å². The summed E-state index contributed by atoms with van der Waals surface area (Å²) in [7, 11) is -1.93. The first-order valence-corrected chi connectivity index (χ1v) is 9.32. The van der Waals surface area contributed by atoms with E-state index in [2.05, 4.69) is 5.32 Å².